The van der Waals surface area contributed by atoms with Crippen LogP contribution in [0, 0.1) is 0 Å². The lowest BCUT2D eigenvalue weighted by Gasteiger charge is -2.27. The minimum absolute atomic E-state index is 0.127. The first-order chi connectivity index (χ1) is 7.16. The lowest BCUT2D eigenvalue weighted by Crippen LogP contribution is -2.29. The second kappa shape index (κ2) is 4.60. The van der Waals surface area contributed by atoms with E-state index in [1.165, 1.54) is 35.8 Å². The minimum atomic E-state index is 0.127. The molecule has 0 saturated carbocycles. The molecular weight excluding hydrogens is 206 g/mol. The summed E-state index contributed by atoms with van der Waals surface area (Å²) >= 11 is 1.79. The predicted molar refractivity (Wildman–Crippen MR) is 64.2 cm³/mol. The van der Waals surface area contributed by atoms with Crippen LogP contribution in [0.15, 0.2) is 6.20 Å². The van der Waals surface area contributed by atoms with Gasteiger partial charge in [0, 0.05) is 23.0 Å². The Kier molecular flexibility index (Phi) is 3.38. The van der Waals surface area contributed by atoms with Crippen molar-refractivity contribution in [3.8, 4) is 0 Å². The fourth-order valence-electron chi connectivity index (χ4n) is 1.96. The maximum atomic E-state index is 5.84. The topological polar surface area (TPSA) is 42.1 Å². The Balaban J connectivity index is 2.03. The zero-order chi connectivity index (χ0) is 10.8. The summed E-state index contributed by atoms with van der Waals surface area (Å²) < 4.78 is 0. The zero-order valence-corrected chi connectivity index (χ0v) is 10.3. The van der Waals surface area contributed by atoms with Crippen LogP contribution < -0.4 is 5.73 Å². The van der Waals surface area contributed by atoms with Crippen LogP contribution >= 0.6 is 11.3 Å². The molecule has 0 aromatic carbocycles. The van der Waals surface area contributed by atoms with E-state index in [2.05, 4.69) is 16.9 Å². The van der Waals surface area contributed by atoms with Gasteiger partial charge in [-0.3, -0.25) is 0 Å². The molecule has 0 amide bonds. The standard InChI is InChI=1S/C11H19N3S/c1-8(12)10-7-13-11(15-10)9-3-5-14(2)6-4-9/h7-9H,3-6,12H2,1-2H3. The van der Waals surface area contributed by atoms with Gasteiger partial charge in [0.25, 0.3) is 0 Å². The molecule has 1 unspecified atom stereocenters. The fraction of sp³-hybridized carbons (Fsp3) is 0.727. The molecule has 0 bridgehead atoms. The predicted octanol–water partition coefficient (Wildman–Crippen LogP) is 1.97. The quantitative estimate of drug-likeness (QED) is 0.836. The van der Waals surface area contributed by atoms with Crippen LogP contribution in [0.3, 0.4) is 0 Å². The summed E-state index contributed by atoms with van der Waals surface area (Å²) in [6, 6.07) is 0.127. The smallest absolute Gasteiger partial charge is 0.0960 e. The molecule has 0 spiro atoms. The van der Waals surface area contributed by atoms with E-state index in [1.54, 1.807) is 11.3 Å². The number of nitrogens with zero attached hydrogens (tertiary/aromatic N) is 2. The van der Waals surface area contributed by atoms with Crippen molar-refractivity contribution >= 4 is 11.3 Å². The highest BCUT2D eigenvalue weighted by atomic mass is 32.1. The van der Waals surface area contributed by atoms with Gasteiger partial charge in [-0.05, 0) is 39.9 Å². The van der Waals surface area contributed by atoms with Gasteiger partial charge in [-0.25, -0.2) is 4.98 Å². The van der Waals surface area contributed by atoms with Crippen molar-refractivity contribution in [1.82, 2.24) is 9.88 Å². The summed E-state index contributed by atoms with van der Waals surface area (Å²) in [6.45, 7) is 4.40. The van der Waals surface area contributed by atoms with E-state index in [1.807, 2.05) is 13.1 Å². The molecule has 2 rings (SSSR count). The normalized spacial score (nSPS) is 21.8. The van der Waals surface area contributed by atoms with Crippen LogP contribution in [-0.2, 0) is 0 Å². The van der Waals surface area contributed by atoms with Gasteiger partial charge in [0.05, 0.1) is 5.01 Å². The Labute approximate surface area is 95.3 Å². The molecule has 1 atom stereocenters. The van der Waals surface area contributed by atoms with Gasteiger partial charge in [-0.15, -0.1) is 11.3 Å². The summed E-state index contributed by atoms with van der Waals surface area (Å²) in [5, 5.41) is 1.29. The van der Waals surface area contributed by atoms with Crippen molar-refractivity contribution in [2.24, 2.45) is 5.73 Å². The lowest BCUT2D eigenvalue weighted by atomic mass is 9.98. The van der Waals surface area contributed by atoms with Crippen LogP contribution in [0.2, 0.25) is 0 Å². The Morgan fingerprint density at radius 1 is 1.53 bits per heavy atom. The molecule has 4 heteroatoms. The minimum Gasteiger partial charge on any atom is -0.323 e. The highest BCUT2D eigenvalue weighted by molar-refractivity contribution is 7.11. The van der Waals surface area contributed by atoms with E-state index in [-0.39, 0.29) is 6.04 Å². The van der Waals surface area contributed by atoms with Gasteiger partial charge in [0.1, 0.15) is 0 Å². The average molecular weight is 225 g/mol. The Morgan fingerprint density at radius 2 is 2.20 bits per heavy atom. The van der Waals surface area contributed by atoms with E-state index in [4.69, 9.17) is 5.73 Å². The number of aromatic nitrogens is 1. The number of thiazole rings is 1. The largest absolute Gasteiger partial charge is 0.323 e. The molecule has 2 heterocycles. The fourth-order valence-corrected chi connectivity index (χ4v) is 3.00. The summed E-state index contributed by atoms with van der Waals surface area (Å²) in [4.78, 5) is 8.10. The van der Waals surface area contributed by atoms with Gasteiger partial charge in [-0.1, -0.05) is 0 Å². The molecule has 84 valence electrons. The van der Waals surface area contributed by atoms with Crippen molar-refractivity contribution in [2.75, 3.05) is 20.1 Å². The van der Waals surface area contributed by atoms with E-state index in [9.17, 15) is 0 Å². The number of piperidine rings is 1. The second-order valence-corrected chi connectivity index (χ2v) is 5.56. The molecule has 0 radical (unpaired) electrons. The Bertz CT molecular complexity index is 313. The molecule has 1 fully saturated rings. The first-order valence-electron chi connectivity index (χ1n) is 5.56. The molecule has 1 aromatic rings. The molecule has 1 aliphatic heterocycles. The summed E-state index contributed by atoms with van der Waals surface area (Å²) in [5.41, 5.74) is 5.84. The third-order valence-electron chi connectivity index (χ3n) is 3.06. The maximum Gasteiger partial charge on any atom is 0.0960 e. The summed E-state index contributed by atoms with van der Waals surface area (Å²) in [7, 11) is 2.19. The molecular formula is C11H19N3S. The number of hydrogen-bond acceptors (Lipinski definition) is 4. The van der Waals surface area contributed by atoms with Crippen molar-refractivity contribution in [3.63, 3.8) is 0 Å². The van der Waals surface area contributed by atoms with Crippen molar-refractivity contribution < 1.29 is 0 Å². The van der Waals surface area contributed by atoms with Crippen molar-refractivity contribution in [1.29, 1.82) is 0 Å². The van der Waals surface area contributed by atoms with Crippen LogP contribution in [0.25, 0.3) is 0 Å². The number of hydrogen-bond donors (Lipinski definition) is 1. The molecule has 1 aliphatic rings. The van der Waals surface area contributed by atoms with E-state index < -0.39 is 0 Å². The molecule has 1 saturated heterocycles. The number of nitrogens with two attached hydrogens (primary N) is 1. The van der Waals surface area contributed by atoms with Crippen molar-refractivity contribution in [3.05, 3.63) is 16.1 Å². The average Bonchev–Trinajstić information content (AvgIpc) is 2.68. The maximum absolute atomic E-state index is 5.84. The van der Waals surface area contributed by atoms with Crippen LogP contribution in [0.1, 0.15) is 41.6 Å². The molecule has 15 heavy (non-hydrogen) atoms. The SMILES string of the molecule is CC(N)c1cnc(C2CCN(C)CC2)s1. The Morgan fingerprint density at radius 3 is 2.73 bits per heavy atom. The highest BCUT2D eigenvalue weighted by Crippen LogP contribution is 2.31. The van der Waals surface area contributed by atoms with Crippen LogP contribution in [0.4, 0.5) is 0 Å². The highest BCUT2D eigenvalue weighted by Gasteiger charge is 2.21. The molecule has 1 aromatic heterocycles. The number of likely N-dealkylation sites (tertiary alicyclic amines) is 1. The molecule has 0 aliphatic carbocycles. The van der Waals surface area contributed by atoms with E-state index >= 15 is 0 Å². The Hall–Kier alpha value is -0.450. The first kappa shape index (κ1) is 11.0. The van der Waals surface area contributed by atoms with Gasteiger partial charge in [0.15, 0.2) is 0 Å². The van der Waals surface area contributed by atoms with E-state index in [0.29, 0.717) is 5.92 Å². The lowest BCUT2D eigenvalue weighted by molar-refractivity contribution is 0.255. The summed E-state index contributed by atoms with van der Waals surface area (Å²) in [6.07, 6.45) is 4.42. The third-order valence-corrected chi connectivity index (χ3v) is 4.42. The van der Waals surface area contributed by atoms with Gasteiger partial charge in [-0.2, -0.15) is 0 Å². The van der Waals surface area contributed by atoms with Crippen molar-refractivity contribution in [2.45, 2.75) is 31.7 Å². The van der Waals surface area contributed by atoms with Crippen LogP contribution in [0.5, 0.6) is 0 Å². The second-order valence-electron chi connectivity index (χ2n) is 4.47. The zero-order valence-electron chi connectivity index (χ0n) is 9.44. The van der Waals surface area contributed by atoms with Gasteiger partial charge >= 0.3 is 0 Å². The monoisotopic (exact) mass is 225 g/mol. The molecule has 2 N–H and O–H groups in total. The summed E-state index contributed by atoms with van der Waals surface area (Å²) in [5.74, 6) is 0.665. The third kappa shape index (κ3) is 2.56. The van der Waals surface area contributed by atoms with E-state index in [0.717, 1.165) is 0 Å². The molecule has 3 nitrogen and oxygen atoms in total. The van der Waals surface area contributed by atoms with Crippen LogP contribution in [-0.4, -0.2) is 30.0 Å². The number of rotatable bonds is 2. The van der Waals surface area contributed by atoms with Gasteiger partial charge < -0.3 is 10.6 Å². The van der Waals surface area contributed by atoms with Gasteiger partial charge in [0.2, 0.25) is 0 Å². The first-order valence-corrected chi connectivity index (χ1v) is 6.38.